The molecule has 0 radical (unpaired) electrons. The van der Waals surface area contributed by atoms with Crippen LogP contribution in [0.15, 0.2) is 18.2 Å². The monoisotopic (exact) mass is 320 g/mol. The summed E-state index contributed by atoms with van der Waals surface area (Å²) in [6, 6.07) is 3.71. The second-order valence-corrected chi connectivity index (χ2v) is 8.07. The van der Waals surface area contributed by atoms with Crippen LogP contribution in [0.25, 0.3) is 0 Å². The van der Waals surface area contributed by atoms with Crippen LogP contribution >= 0.6 is 11.8 Å². The van der Waals surface area contributed by atoms with E-state index in [4.69, 9.17) is 5.73 Å². The van der Waals surface area contributed by atoms with E-state index >= 15 is 0 Å². The average molecular weight is 320 g/mol. The second kappa shape index (κ2) is 6.94. The second-order valence-electron chi connectivity index (χ2n) is 4.36. The first kappa shape index (κ1) is 16.8. The third kappa shape index (κ3) is 5.79. The third-order valence-corrected chi connectivity index (χ3v) is 4.82. The predicted octanol–water partition coefficient (Wildman–Crippen LogP) is 1.51. The third-order valence-electron chi connectivity index (χ3n) is 2.46. The Morgan fingerprint density at radius 3 is 2.70 bits per heavy atom. The molecule has 0 aliphatic rings. The van der Waals surface area contributed by atoms with Crippen molar-refractivity contribution in [2.75, 3.05) is 28.8 Å². The fraction of sp³-hybridized carbons (Fsp3) is 0.417. The largest absolute Gasteiger partial charge is 0.397 e. The molecule has 0 heterocycles. The molecule has 1 atom stereocenters. The van der Waals surface area contributed by atoms with Gasteiger partial charge in [0.25, 0.3) is 0 Å². The van der Waals surface area contributed by atoms with E-state index in [1.807, 2.05) is 0 Å². The normalized spacial score (nSPS) is 12.9. The van der Waals surface area contributed by atoms with E-state index in [0.717, 1.165) is 12.3 Å². The van der Waals surface area contributed by atoms with Crippen LogP contribution in [0.5, 0.6) is 0 Å². The van der Waals surface area contributed by atoms with Crippen molar-refractivity contribution in [3.05, 3.63) is 24.0 Å². The van der Waals surface area contributed by atoms with Gasteiger partial charge in [0.05, 0.1) is 22.4 Å². The SMILES string of the molecule is CC(SCCS(C)(=O)=O)C(=O)Nc1ccc(F)cc1N. The lowest BCUT2D eigenvalue weighted by molar-refractivity contribution is -0.115. The summed E-state index contributed by atoms with van der Waals surface area (Å²) < 4.78 is 34.8. The summed E-state index contributed by atoms with van der Waals surface area (Å²) in [7, 11) is -3.03. The van der Waals surface area contributed by atoms with Gasteiger partial charge in [0.15, 0.2) is 0 Å². The zero-order chi connectivity index (χ0) is 15.3. The van der Waals surface area contributed by atoms with Crippen molar-refractivity contribution in [3.8, 4) is 0 Å². The van der Waals surface area contributed by atoms with Crippen LogP contribution in [-0.2, 0) is 14.6 Å². The molecule has 1 aromatic carbocycles. The Labute approximate surface area is 122 Å². The Bertz CT molecular complexity index is 590. The fourth-order valence-electron chi connectivity index (χ4n) is 1.33. The van der Waals surface area contributed by atoms with Crippen LogP contribution in [0.3, 0.4) is 0 Å². The molecule has 1 unspecified atom stereocenters. The molecular formula is C12H17FN2O3S2. The first-order valence-corrected chi connectivity index (χ1v) is 8.95. The van der Waals surface area contributed by atoms with E-state index in [-0.39, 0.29) is 17.3 Å². The lowest BCUT2D eigenvalue weighted by Crippen LogP contribution is -2.24. The van der Waals surface area contributed by atoms with Crippen molar-refractivity contribution in [3.63, 3.8) is 0 Å². The summed E-state index contributed by atoms with van der Waals surface area (Å²) in [5, 5.41) is 2.15. The summed E-state index contributed by atoms with van der Waals surface area (Å²) in [6.45, 7) is 1.67. The molecule has 112 valence electrons. The van der Waals surface area contributed by atoms with Gasteiger partial charge in [-0.1, -0.05) is 0 Å². The molecule has 0 saturated heterocycles. The highest BCUT2D eigenvalue weighted by Crippen LogP contribution is 2.21. The minimum absolute atomic E-state index is 0.0218. The van der Waals surface area contributed by atoms with Gasteiger partial charge in [0.2, 0.25) is 5.91 Å². The standard InChI is InChI=1S/C12H17FN2O3S2/c1-8(19-5-6-20(2,17)18)12(16)15-11-4-3-9(13)7-10(11)14/h3-4,7-8H,5-6,14H2,1-2H3,(H,15,16). The summed E-state index contributed by atoms with van der Waals surface area (Å²) in [6.07, 6.45) is 1.15. The maximum atomic E-state index is 12.9. The number of amides is 1. The molecule has 0 aliphatic heterocycles. The molecule has 0 spiro atoms. The van der Waals surface area contributed by atoms with Gasteiger partial charge in [-0.15, -0.1) is 11.8 Å². The molecule has 0 fully saturated rings. The van der Waals surface area contributed by atoms with E-state index in [2.05, 4.69) is 5.32 Å². The Kier molecular flexibility index (Phi) is 5.82. The Morgan fingerprint density at radius 1 is 1.50 bits per heavy atom. The molecule has 1 rings (SSSR count). The molecule has 20 heavy (non-hydrogen) atoms. The van der Waals surface area contributed by atoms with Crippen LogP contribution in [-0.4, -0.2) is 37.3 Å². The van der Waals surface area contributed by atoms with Gasteiger partial charge in [0, 0.05) is 12.0 Å². The minimum atomic E-state index is -3.03. The molecule has 1 amide bonds. The number of carbonyl (C=O) groups is 1. The van der Waals surface area contributed by atoms with E-state index in [9.17, 15) is 17.6 Å². The highest BCUT2D eigenvalue weighted by molar-refractivity contribution is 8.01. The number of sulfone groups is 1. The number of hydrogen-bond donors (Lipinski definition) is 2. The van der Waals surface area contributed by atoms with Gasteiger partial charge < -0.3 is 11.1 Å². The lowest BCUT2D eigenvalue weighted by Gasteiger charge is -2.13. The number of anilines is 2. The van der Waals surface area contributed by atoms with Crippen molar-refractivity contribution in [2.24, 2.45) is 0 Å². The predicted molar refractivity (Wildman–Crippen MR) is 81.1 cm³/mol. The highest BCUT2D eigenvalue weighted by atomic mass is 32.2. The van der Waals surface area contributed by atoms with Crippen molar-refractivity contribution >= 4 is 38.9 Å². The van der Waals surface area contributed by atoms with Gasteiger partial charge in [-0.3, -0.25) is 4.79 Å². The zero-order valence-corrected chi connectivity index (χ0v) is 12.9. The van der Waals surface area contributed by atoms with Crippen LogP contribution in [0, 0.1) is 5.82 Å². The van der Waals surface area contributed by atoms with Crippen LogP contribution in [0.1, 0.15) is 6.92 Å². The molecule has 0 saturated carbocycles. The van der Waals surface area contributed by atoms with E-state index < -0.39 is 20.9 Å². The molecule has 8 heteroatoms. The molecule has 0 aliphatic carbocycles. The van der Waals surface area contributed by atoms with Crippen molar-refractivity contribution in [2.45, 2.75) is 12.2 Å². The average Bonchev–Trinajstić information content (AvgIpc) is 2.30. The number of thioether (sulfide) groups is 1. The summed E-state index contributed by atoms with van der Waals surface area (Å²) in [5.41, 5.74) is 6.07. The molecule has 3 N–H and O–H groups in total. The first-order chi connectivity index (χ1) is 9.19. The molecule has 0 aromatic heterocycles. The number of benzene rings is 1. The first-order valence-electron chi connectivity index (χ1n) is 5.84. The molecular weight excluding hydrogens is 303 g/mol. The van der Waals surface area contributed by atoms with Crippen molar-refractivity contribution in [1.29, 1.82) is 0 Å². The summed E-state index contributed by atoms with van der Waals surface area (Å²) in [4.78, 5) is 11.9. The van der Waals surface area contributed by atoms with Crippen LogP contribution in [0.2, 0.25) is 0 Å². The number of halogens is 1. The Balaban J connectivity index is 2.53. The van der Waals surface area contributed by atoms with E-state index in [1.54, 1.807) is 6.92 Å². The Morgan fingerprint density at radius 2 is 2.15 bits per heavy atom. The van der Waals surface area contributed by atoms with Gasteiger partial charge in [-0.2, -0.15) is 0 Å². The topological polar surface area (TPSA) is 89.3 Å². The van der Waals surface area contributed by atoms with Crippen molar-refractivity contribution in [1.82, 2.24) is 0 Å². The smallest absolute Gasteiger partial charge is 0.237 e. The summed E-state index contributed by atoms with van der Waals surface area (Å²) >= 11 is 1.23. The number of nitrogens with one attached hydrogen (secondary N) is 1. The number of nitrogens with two attached hydrogens (primary N) is 1. The highest BCUT2D eigenvalue weighted by Gasteiger charge is 2.15. The number of nitrogen functional groups attached to an aromatic ring is 1. The molecule has 0 bridgehead atoms. The molecule has 5 nitrogen and oxygen atoms in total. The lowest BCUT2D eigenvalue weighted by atomic mass is 10.2. The molecule has 1 aromatic rings. The maximum absolute atomic E-state index is 12.9. The number of carbonyl (C=O) groups excluding carboxylic acids is 1. The summed E-state index contributed by atoms with van der Waals surface area (Å²) in [5.74, 6) is -0.418. The van der Waals surface area contributed by atoms with Crippen LogP contribution < -0.4 is 11.1 Å². The van der Waals surface area contributed by atoms with E-state index in [0.29, 0.717) is 11.4 Å². The fourth-order valence-corrected chi connectivity index (χ4v) is 3.49. The van der Waals surface area contributed by atoms with E-state index in [1.165, 1.54) is 23.9 Å². The quantitative estimate of drug-likeness (QED) is 0.776. The van der Waals surface area contributed by atoms with Gasteiger partial charge in [-0.05, 0) is 25.1 Å². The van der Waals surface area contributed by atoms with Gasteiger partial charge in [0.1, 0.15) is 15.7 Å². The van der Waals surface area contributed by atoms with Crippen molar-refractivity contribution < 1.29 is 17.6 Å². The van der Waals surface area contributed by atoms with Gasteiger partial charge >= 0.3 is 0 Å². The van der Waals surface area contributed by atoms with Gasteiger partial charge in [-0.25, -0.2) is 12.8 Å². The maximum Gasteiger partial charge on any atom is 0.237 e. The van der Waals surface area contributed by atoms with Crippen LogP contribution in [0.4, 0.5) is 15.8 Å². The minimum Gasteiger partial charge on any atom is -0.397 e. The Hall–Kier alpha value is -1.28. The zero-order valence-electron chi connectivity index (χ0n) is 11.2. The number of hydrogen-bond acceptors (Lipinski definition) is 5. The number of rotatable bonds is 6.